The van der Waals surface area contributed by atoms with Gasteiger partial charge in [0.15, 0.2) is 11.6 Å². The van der Waals surface area contributed by atoms with Gasteiger partial charge in [0.25, 0.3) is 0 Å². The Morgan fingerprint density at radius 2 is 1.89 bits per heavy atom. The maximum atomic E-state index is 13.0. The summed E-state index contributed by atoms with van der Waals surface area (Å²) in [6.45, 7) is 4.51. The molecular formula is C13H15F2N3O. The second kappa shape index (κ2) is 5.88. The molecule has 0 aliphatic carbocycles. The second-order valence-electron chi connectivity index (χ2n) is 4.55. The van der Waals surface area contributed by atoms with E-state index in [1.807, 2.05) is 13.8 Å². The summed E-state index contributed by atoms with van der Waals surface area (Å²) in [6.07, 6.45) is 0.284. The van der Waals surface area contributed by atoms with Gasteiger partial charge < -0.3 is 9.73 Å². The van der Waals surface area contributed by atoms with Crippen molar-refractivity contribution in [1.29, 1.82) is 0 Å². The van der Waals surface area contributed by atoms with Crippen LogP contribution in [-0.4, -0.2) is 16.2 Å². The van der Waals surface area contributed by atoms with E-state index in [0.717, 1.165) is 12.1 Å². The summed E-state index contributed by atoms with van der Waals surface area (Å²) < 4.78 is 31.2. The van der Waals surface area contributed by atoms with Crippen LogP contribution in [0.1, 0.15) is 31.2 Å². The second-order valence-corrected chi connectivity index (χ2v) is 4.55. The van der Waals surface area contributed by atoms with Gasteiger partial charge in [-0.3, -0.25) is 0 Å². The van der Waals surface area contributed by atoms with Crippen molar-refractivity contribution in [3.05, 3.63) is 47.2 Å². The summed E-state index contributed by atoms with van der Waals surface area (Å²) in [5.41, 5.74) is 0.589. The van der Waals surface area contributed by atoms with E-state index in [4.69, 9.17) is 4.42 Å². The van der Waals surface area contributed by atoms with Crippen molar-refractivity contribution >= 4 is 0 Å². The summed E-state index contributed by atoms with van der Waals surface area (Å²) in [5.74, 6) is -0.882. The van der Waals surface area contributed by atoms with Crippen LogP contribution in [0.15, 0.2) is 22.6 Å². The van der Waals surface area contributed by atoms with Crippen LogP contribution in [0.4, 0.5) is 8.78 Å². The number of hydrogen-bond donors (Lipinski definition) is 1. The van der Waals surface area contributed by atoms with Crippen LogP contribution in [0.3, 0.4) is 0 Å². The highest BCUT2D eigenvalue weighted by Gasteiger charge is 2.09. The standard InChI is InChI=1S/C13H15F2N3O/c1-8(2)16-7-13-18-17-12(19-13)6-9-3-4-10(14)11(15)5-9/h3-5,8,16H,6-7H2,1-2H3. The Hall–Kier alpha value is -1.82. The number of aromatic nitrogens is 2. The highest BCUT2D eigenvalue weighted by Crippen LogP contribution is 2.12. The smallest absolute Gasteiger partial charge is 0.230 e. The molecule has 0 aliphatic rings. The highest BCUT2D eigenvalue weighted by atomic mass is 19.2. The molecule has 0 amide bonds. The molecular weight excluding hydrogens is 252 g/mol. The minimum absolute atomic E-state index is 0.284. The minimum atomic E-state index is -0.876. The summed E-state index contributed by atoms with van der Waals surface area (Å²) in [7, 11) is 0. The van der Waals surface area contributed by atoms with E-state index in [0.29, 0.717) is 29.9 Å². The molecule has 19 heavy (non-hydrogen) atoms. The first-order chi connectivity index (χ1) is 9.04. The van der Waals surface area contributed by atoms with E-state index in [9.17, 15) is 8.78 Å². The molecule has 102 valence electrons. The van der Waals surface area contributed by atoms with Gasteiger partial charge in [-0.1, -0.05) is 19.9 Å². The molecule has 0 spiro atoms. The number of nitrogens with zero attached hydrogens (tertiary/aromatic N) is 2. The molecule has 0 saturated heterocycles. The number of nitrogens with one attached hydrogen (secondary N) is 1. The van der Waals surface area contributed by atoms with Crippen molar-refractivity contribution in [2.75, 3.05) is 0 Å². The van der Waals surface area contributed by atoms with Gasteiger partial charge in [-0.15, -0.1) is 10.2 Å². The Bertz CT molecular complexity index is 555. The molecule has 1 aromatic heterocycles. The molecule has 1 N–H and O–H groups in total. The third kappa shape index (κ3) is 3.82. The Labute approximate surface area is 109 Å². The Balaban J connectivity index is 2.01. The Kier molecular flexibility index (Phi) is 4.21. The maximum absolute atomic E-state index is 13.0. The first-order valence-electron chi connectivity index (χ1n) is 6.03. The molecule has 0 atom stereocenters. The van der Waals surface area contributed by atoms with Crippen LogP contribution in [-0.2, 0) is 13.0 Å². The predicted octanol–water partition coefficient (Wildman–Crippen LogP) is 2.44. The zero-order valence-electron chi connectivity index (χ0n) is 10.8. The van der Waals surface area contributed by atoms with Crippen molar-refractivity contribution in [3.63, 3.8) is 0 Å². The monoisotopic (exact) mass is 267 g/mol. The Morgan fingerprint density at radius 1 is 1.16 bits per heavy atom. The number of halogens is 2. The fourth-order valence-corrected chi connectivity index (χ4v) is 1.55. The molecule has 2 aromatic rings. The van der Waals surface area contributed by atoms with Gasteiger partial charge in [0.05, 0.1) is 13.0 Å². The van der Waals surface area contributed by atoms with Crippen LogP contribution >= 0.6 is 0 Å². The van der Waals surface area contributed by atoms with Crippen LogP contribution in [0, 0.1) is 11.6 Å². The third-order valence-corrected chi connectivity index (χ3v) is 2.51. The van der Waals surface area contributed by atoms with E-state index in [2.05, 4.69) is 15.5 Å². The molecule has 6 heteroatoms. The van der Waals surface area contributed by atoms with E-state index >= 15 is 0 Å². The minimum Gasteiger partial charge on any atom is -0.424 e. The topological polar surface area (TPSA) is 51.0 Å². The Morgan fingerprint density at radius 3 is 2.58 bits per heavy atom. The van der Waals surface area contributed by atoms with E-state index in [1.54, 1.807) is 0 Å². The van der Waals surface area contributed by atoms with Crippen LogP contribution in [0.5, 0.6) is 0 Å². The van der Waals surface area contributed by atoms with Gasteiger partial charge in [0.1, 0.15) is 0 Å². The molecule has 0 aliphatic heterocycles. The zero-order valence-corrected chi connectivity index (χ0v) is 10.8. The average molecular weight is 267 g/mol. The quantitative estimate of drug-likeness (QED) is 0.904. The first kappa shape index (κ1) is 13.6. The molecule has 0 radical (unpaired) electrons. The molecule has 4 nitrogen and oxygen atoms in total. The lowest BCUT2D eigenvalue weighted by Gasteiger charge is -2.03. The fourth-order valence-electron chi connectivity index (χ4n) is 1.55. The SMILES string of the molecule is CC(C)NCc1nnc(Cc2ccc(F)c(F)c2)o1. The first-order valence-corrected chi connectivity index (χ1v) is 6.03. The summed E-state index contributed by atoms with van der Waals surface area (Å²) in [5, 5.41) is 10.9. The lowest BCUT2D eigenvalue weighted by molar-refractivity contribution is 0.426. The van der Waals surface area contributed by atoms with Crippen molar-refractivity contribution in [2.45, 2.75) is 32.9 Å². The molecule has 0 saturated carbocycles. The number of benzene rings is 1. The fraction of sp³-hybridized carbons (Fsp3) is 0.385. The van der Waals surface area contributed by atoms with Gasteiger partial charge in [-0.05, 0) is 17.7 Å². The van der Waals surface area contributed by atoms with Gasteiger partial charge in [-0.25, -0.2) is 8.78 Å². The lowest BCUT2D eigenvalue weighted by Crippen LogP contribution is -2.21. The normalized spacial score (nSPS) is 11.2. The van der Waals surface area contributed by atoms with Crippen LogP contribution in [0.2, 0.25) is 0 Å². The molecule has 2 rings (SSSR count). The van der Waals surface area contributed by atoms with E-state index < -0.39 is 11.6 Å². The van der Waals surface area contributed by atoms with Crippen molar-refractivity contribution in [3.8, 4) is 0 Å². The molecule has 1 heterocycles. The largest absolute Gasteiger partial charge is 0.424 e. The summed E-state index contributed by atoms with van der Waals surface area (Å²) in [6, 6.07) is 4.03. The molecule has 1 aromatic carbocycles. The number of rotatable bonds is 5. The third-order valence-electron chi connectivity index (χ3n) is 2.51. The van der Waals surface area contributed by atoms with Gasteiger partial charge in [-0.2, -0.15) is 0 Å². The van der Waals surface area contributed by atoms with Crippen LogP contribution in [0.25, 0.3) is 0 Å². The van der Waals surface area contributed by atoms with Gasteiger partial charge >= 0.3 is 0 Å². The zero-order chi connectivity index (χ0) is 13.8. The molecule has 0 unspecified atom stereocenters. The summed E-state index contributed by atoms with van der Waals surface area (Å²) in [4.78, 5) is 0. The summed E-state index contributed by atoms with van der Waals surface area (Å²) >= 11 is 0. The predicted molar refractivity (Wildman–Crippen MR) is 65.4 cm³/mol. The molecule has 0 bridgehead atoms. The van der Waals surface area contributed by atoms with Gasteiger partial charge in [0.2, 0.25) is 11.8 Å². The van der Waals surface area contributed by atoms with Crippen molar-refractivity contribution in [1.82, 2.24) is 15.5 Å². The molecule has 0 fully saturated rings. The van der Waals surface area contributed by atoms with Crippen molar-refractivity contribution < 1.29 is 13.2 Å². The van der Waals surface area contributed by atoms with Crippen molar-refractivity contribution in [2.24, 2.45) is 0 Å². The van der Waals surface area contributed by atoms with E-state index in [-0.39, 0.29) is 6.42 Å². The highest BCUT2D eigenvalue weighted by molar-refractivity contribution is 5.20. The lowest BCUT2D eigenvalue weighted by atomic mass is 10.1. The number of hydrogen-bond acceptors (Lipinski definition) is 4. The van der Waals surface area contributed by atoms with E-state index in [1.165, 1.54) is 6.07 Å². The maximum Gasteiger partial charge on any atom is 0.230 e. The van der Waals surface area contributed by atoms with Gasteiger partial charge in [0, 0.05) is 6.04 Å². The average Bonchev–Trinajstić information content (AvgIpc) is 2.79. The van der Waals surface area contributed by atoms with Crippen LogP contribution < -0.4 is 5.32 Å².